The van der Waals surface area contributed by atoms with E-state index in [-0.39, 0.29) is 41.9 Å². The van der Waals surface area contributed by atoms with Gasteiger partial charge < -0.3 is 9.29 Å². The van der Waals surface area contributed by atoms with E-state index in [1.807, 2.05) is 18.2 Å². The number of hydrogen-bond acceptors (Lipinski definition) is 3. The Morgan fingerprint density at radius 3 is 2.46 bits per heavy atom. The summed E-state index contributed by atoms with van der Waals surface area (Å²) in [7, 11) is 0. The third-order valence-corrected chi connectivity index (χ3v) is 1.76. The largest absolute Gasteiger partial charge is 1.00 e. The molecule has 0 aliphatic heterocycles. The van der Waals surface area contributed by atoms with Crippen molar-refractivity contribution in [3.05, 3.63) is 30.3 Å². The molecule has 1 rings (SSSR count). The van der Waals surface area contributed by atoms with Crippen LogP contribution in [0.5, 0.6) is 5.75 Å². The van der Waals surface area contributed by atoms with Crippen LogP contribution in [0, 0.1) is 0 Å². The molecule has 13 heavy (non-hydrogen) atoms. The van der Waals surface area contributed by atoms with E-state index in [0.29, 0.717) is 5.75 Å². The molecule has 0 N–H and O–H groups in total. The zero-order valence-corrected chi connectivity index (χ0v) is 10.3. The van der Waals surface area contributed by atoms with Crippen molar-refractivity contribution in [3.63, 3.8) is 0 Å². The molecular weight excluding hydrogens is 199 g/mol. The maximum absolute atomic E-state index is 10.1. The van der Waals surface area contributed by atoms with Crippen LogP contribution < -0.4 is 34.3 Å². The van der Waals surface area contributed by atoms with Gasteiger partial charge in [-0.2, -0.15) is 0 Å². The van der Waals surface area contributed by atoms with Crippen LogP contribution in [-0.2, 0) is 11.1 Å². The Morgan fingerprint density at radius 2 is 1.92 bits per heavy atom. The second-order valence-corrected chi connectivity index (χ2v) is 3.19. The quantitative estimate of drug-likeness (QED) is 0.422. The van der Waals surface area contributed by atoms with E-state index < -0.39 is 11.1 Å². The van der Waals surface area contributed by atoms with Crippen LogP contribution in [0.15, 0.2) is 30.3 Å². The maximum atomic E-state index is 10.1. The summed E-state index contributed by atoms with van der Waals surface area (Å²) in [6.07, 6.45) is 0. The van der Waals surface area contributed by atoms with Crippen molar-refractivity contribution in [1.82, 2.24) is 0 Å². The van der Waals surface area contributed by atoms with E-state index in [1.165, 1.54) is 0 Å². The minimum absolute atomic E-state index is 0. The van der Waals surface area contributed by atoms with Crippen molar-refractivity contribution in [2.24, 2.45) is 0 Å². The van der Waals surface area contributed by atoms with Crippen LogP contribution in [0.25, 0.3) is 0 Å². The fraction of sp³-hybridized carbons (Fsp3) is 0.250. The van der Waals surface area contributed by atoms with Crippen LogP contribution in [0.1, 0.15) is 0 Å². The summed E-state index contributed by atoms with van der Waals surface area (Å²) in [5.74, 6) is 0.734. The molecule has 5 heteroatoms. The van der Waals surface area contributed by atoms with Gasteiger partial charge >= 0.3 is 29.6 Å². The van der Waals surface area contributed by atoms with Gasteiger partial charge in [-0.05, 0) is 12.1 Å². The fourth-order valence-corrected chi connectivity index (χ4v) is 0.964. The van der Waals surface area contributed by atoms with Gasteiger partial charge in [0.05, 0.1) is 6.61 Å². The molecule has 0 spiro atoms. The Hall–Kier alpha value is 0.130. The monoisotopic (exact) mass is 208 g/mol. The smallest absolute Gasteiger partial charge is 0.772 e. The first-order valence-electron chi connectivity index (χ1n) is 3.53. The molecule has 0 saturated heterocycles. The normalized spacial score (nSPS) is 11.5. The average molecular weight is 208 g/mol. The third kappa shape index (κ3) is 6.23. The molecule has 0 saturated carbocycles. The van der Waals surface area contributed by atoms with E-state index in [4.69, 9.17) is 4.74 Å². The molecule has 3 nitrogen and oxygen atoms in total. The number of benzene rings is 1. The van der Waals surface area contributed by atoms with E-state index in [2.05, 4.69) is 0 Å². The standard InChI is InChI=1S/C8H10O3S.Na/c9-12(10)7-6-11-8-4-2-1-3-5-8;/h1-5H,6-7H2,(H,9,10);/q;+1/p-1. The Morgan fingerprint density at radius 1 is 1.31 bits per heavy atom. The molecule has 1 aromatic rings. The number of ether oxygens (including phenoxy) is 1. The summed E-state index contributed by atoms with van der Waals surface area (Å²) in [6, 6.07) is 9.12. The molecule has 0 fully saturated rings. The van der Waals surface area contributed by atoms with Gasteiger partial charge in [0.15, 0.2) is 0 Å². The summed E-state index contributed by atoms with van der Waals surface area (Å²) in [5, 5.41) is 0. The first kappa shape index (κ1) is 13.1. The number of hydrogen-bond donors (Lipinski definition) is 0. The first-order chi connectivity index (χ1) is 5.79. The van der Waals surface area contributed by atoms with E-state index in [9.17, 15) is 8.76 Å². The summed E-state index contributed by atoms with van der Waals surface area (Å²) >= 11 is -2.01. The topological polar surface area (TPSA) is 49.4 Å². The minimum Gasteiger partial charge on any atom is -0.772 e. The van der Waals surface area contributed by atoms with Crippen LogP contribution in [0.4, 0.5) is 0 Å². The number of para-hydroxylation sites is 1. The molecule has 0 bridgehead atoms. The molecule has 1 aromatic carbocycles. The Kier molecular flexibility index (Phi) is 7.60. The average Bonchev–Trinajstić information content (AvgIpc) is 2.05. The minimum atomic E-state index is -2.01. The second kappa shape index (κ2) is 7.53. The summed E-state index contributed by atoms with van der Waals surface area (Å²) in [5.41, 5.74) is 0. The zero-order valence-electron chi connectivity index (χ0n) is 7.43. The fourth-order valence-electron chi connectivity index (χ4n) is 0.744. The zero-order chi connectivity index (χ0) is 8.81. The number of rotatable bonds is 4. The second-order valence-electron chi connectivity index (χ2n) is 2.17. The van der Waals surface area contributed by atoms with Gasteiger partial charge in [0.1, 0.15) is 5.75 Å². The van der Waals surface area contributed by atoms with E-state index >= 15 is 0 Å². The molecule has 0 aromatic heterocycles. The van der Waals surface area contributed by atoms with Gasteiger partial charge in [0.2, 0.25) is 0 Å². The molecular formula is C8H9NaO3S. The maximum Gasteiger partial charge on any atom is 1.00 e. The van der Waals surface area contributed by atoms with Gasteiger partial charge in [-0.3, -0.25) is 4.21 Å². The summed E-state index contributed by atoms with van der Waals surface area (Å²) in [6.45, 7) is 0.208. The van der Waals surface area contributed by atoms with Gasteiger partial charge in [-0.25, -0.2) is 0 Å². The van der Waals surface area contributed by atoms with Crippen molar-refractivity contribution in [2.45, 2.75) is 0 Å². The summed E-state index contributed by atoms with van der Waals surface area (Å²) in [4.78, 5) is 0. The molecule has 1 atom stereocenters. The van der Waals surface area contributed by atoms with Gasteiger partial charge in [-0.1, -0.05) is 29.3 Å². The molecule has 66 valence electrons. The van der Waals surface area contributed by atoms with Gasteiger partial charge in [0, 0.05) is 5.75 Å². The SMILES string of the molecule is O=S([O-])CCOc1ccccc1.[Na+]. The van der Waals surface area contributed by atoms with E-state index in [1.54, 1.807) is 12.1 Å². The predicted octanol–water partition coefficient (Wildman–Crippen LogP) is -2.05. The molecule has 0 heterocycles. The van der Waals surface area contributed by atoms with Crippen molar-refractivity contribution in [1.29, 1.82) is 0 Å². The van der Waals surface area contributed by atoms with Crippen molar-refractivity contribution in [3.8, 4) is 5.75 Å². The van der Waals surface area contributed by atoms with Crippen LogP contribution in [0.2, 0.25) is 0 Å². The van der Waals surface area contributed by atoms with E-state index in [0.717, 1.165) is 0 Å². The first-order valence-corrected chi connectivity index (χ1v) is 4.77. The van der Waals surface area contributed by atoms with Gasteiger partial charge in [-0.15, -0.1) is 0 Å². The van der Waals surface area contributed by atoms with Crippen molar-refractivity contribution >= 4 is 11.1 Å². The van der Waals surface area contributed by atoms with Crippen molar-refractivity contribution in [2.75, 3.05) is 12.4 Å². The Labute approximate surface area is 102 Å². The molecule has 0 aliphatic rings. The third-order valence-electron chi connectivity index (χ3n) is 1.26. The Balaban J connectivity index is 0.00000144. The van der Waals surface area contributed by atoms with Crippen LogP contribution in [0.3, 0.4) is 0 Å². The van der Waals surface area contributed by atoms with Gasteiger partial charge in [0.25, 0.3) is 0 Å². The summed E-state index contributed by atoms with van der Waals surface area (Å²) < 4.78 is 25.3. The van der Waals surface area contributed by atoms with Crippen molar-refractivity contribution < 1.29 is 43.1 Å². The van der Waals surface area contributed by atoms with Crippen LogP contribution in [-0.4, -0.2) is 21.1 Å². The predicted molar refractivity (Wildman–Crippen MR) is 45.7 cm³/mol. The molecule has 1 unspecified atom stereocenters. The molecule has 0 radical (unpaired) electrons. The Bertz CT molecular complexity index is 253. The van der Waals surface area contributed by atoms with Crippen LogP contribution >= 0.6 is 0 Å². The molecule has 0 amide bonds. The molecule has 0 aliphatic carbocycles.